The molecule has 0 aliphatic heterocycles. The molecule has 0 aliphatic carbocycles. The first-order valence-corrected chi connectivity index (χ1v) is 11.6. The van der Waals surface area contributed by atoms with Crippen molar-refractivity contribution in [2.24, 2.45) is 0 Å². The molecule has 1 amide bonds. The minimum Gasteiger partial charge on any atom is -0.268 e. The van der Waals surface area contributed by atoms with Crippen molar-refractivity contribution in [3.63, 3.8) is 0 Å². The lowest BCUT2D eigenvalue weighted by molar-refractivity contribution is -0.137. The minimum absolute atomic E-state index is 0.0576. The Morgan fingerprint density at radius 1 is 0.839 bits per heavy atom. The Bertz CT molecular complexity index is 1030. The molecule has 1 N–H and O–H groups in total. The number of rotatable bonds is 6. The Morgan fingerprint density at radius 3 is 1.65 bits per heavy atom. The Labute approximate surface area is 181 Å². The second-order valence-electron chi connectivity index (χ2n) is 8.50. The first-order valence-electron chi connectivity index (χ1n) is 10.1. The van der Waals surface area contributed by atoms with Gasteiger partial charge in [0.2, 0.25) is 0 Å². The van der Waals surface area contributed by atoms with Gasteiger partial charge in [-0.25, -0.2) is 13.1 Å². The van der Waals surface area contributed by atoms with Crippen molar-refractivity contribution in [1.82, 2.24) is 4.72 Å². The smallest absolute Gasteiger partial charge is 0.268 e. The molecule has 0 saturated heterocycles. The fourth-order valence-electron chi connectivity index (χ4n) is 3.24. The van der Waals surface area contributed by atoms with Crippen LogP contribution in [-0.4, -0.2) is 14.3 Å². The van der Waals surface area contributed by atoms with Crippen molar-refractivity contribution >= 4 is 15.9 Å². The normalized spacial score (nSPS) is 12.6. The standard InChI is InChI=1S/C23H28F3NO3S/c1-13(2)17-11-19(14(3)4)21(20(12-17)15(5)6)31(29,30)27-22(28)16-7-9-18(10-8-16)23(24,25)26/h7-15H,1-6H3,(H,27,28). The van der Waals surface area contributed by atoms with E-state index < -0.39 is 27.7 Å². The summed E-state index contributed by atoms with van der Waals surface area (Å²) in [5.41, 5.74) is 1.11. The van der Waals surface area contributed by atoms with E-state index in [0.29, 0.717) is 11.1 Å². The molecular weight excluding hydrogens is 427 g/mol. The van der Waals surface area contributed by atoms with Crippen molar-refractivity contribution < 1.29 is 26.4 Å². The summed E-state index contributed by atoms with van der Waals surface area (Å²) in [5, 5.41) is 0. The monoisotopic (exact) mass is 455 g/mol. The molecule has 2 aromatic carbocycles. The molecule has 31 heavy (non-hydrogen) atoms. The highest BCUT2D eigenvalue weighted by atomic mass is 32.2. The number of alkyl halides is 3. The predicted octanol–water partition coefficient (Wildman–Crippen LogP) is 6.19. The van der Waals surface area contributed by atoms with Crippen LogP contribution in [0.4, 0.5) is 13.2 Å². The lowest BCUT2D eigenvalue weighted by Gasteiger charge is -2.23. The van der Waals surface area contributed by atoms with Gasteiger partial charge < -0.3 is 0 Å². The number of carbonyl (C=O) groups is 1. The summed E-state index contributed by atoms with van der Waals surface area (Å²) in [6.07, 6.45) is -4.54. The number of halogens is 3. The van der Waals surface area contributed by atoms with E-state index in [1.165, 1.54) is 0 Å². The average Bonchev–Trinajstić information content (AvgIpc) is 2.65. The van der Waals surface area contributed by atoms with Crippen LogP contribution >= 0.6 is 0 Å². The molecule has 0 atom stereocenters. The zero-order chi connectivity index (χ0) is 23.7. The summed E-state index contributed by atoms with van der Waals surface area (Å²) >= 11 is 0. The van der Waals surface area contributed by atoms with Crippen LogP contribution in [0.3, 0.4) is 0 Å². The number of carbonyl (C=O) groups excluding carboxylic acids is 1. The highest BCUT2D eigenvalue weighted by molar-refractivity contribution is 7.90. The van der Waals surface area contributed by atoms with E-state index >= 15 is 0 Å². The number of hydrogen-bond acceptors (Lipinski definition) is 3. The van der Waals surface area contributed by atoms with Crippen LogP contribution in [0.2, 0.25) is 0 Å². The van der Waals surface area contributed by atoms with Crippen LogP contribution in [0.15, 0.2) is 41.3 Å². The first-order chi connectivity index (χ1) is 14.1. The van der Waals surface area contributed by atoms with Gasteiger partial charge in [-0.1, -0.05) is 53.7 Å². The molecule has 0 aromatic heterocycles. The van der Waals surface area contributed by atoms with E-state index in [1.807, 2.05) is 58.4 Å². The third-order valence-corrected chi connectivity index (χ3v) is 6.51. The molecule has 0 heterocycles. The molecule has 2 aromatic rings. The maximum absolute atomic E-state index is 13.3. The summed E-state index contributed by atoms with van der Waals surface area (Å²) in [5.74, 6) is -1.03. The molecule has 8 heteroatoms. The van der Waals surface area contributed by atoms with Crippen LogP contribution in [0.5, 0.6) is 0 Å². The van der Waals surface area contributed by atoms with E-state index in [0.717, 1.165) is 29.8 Å². The number of amides is 1. The van der Waals surface area contributed by atoms with Crippen LogP contribution in [0.25, 0.3) is 0 Å². The third kappa shape index (κ3) is 5.67. The van der Waals surface area contributed by atoms with Crippen LogP contribution in [0.1, 0.15) is 91.9 Å². The van der Waals surface area contributed by atoms with Crippen molar-refractivity contribution in [2.45, 2.75) is 70.4 Å². The van der Waals surface area contributed by atoms with Crippen molar-refractivity contribution in [2.75, 3.05) is 0 Å². The Morgan fingerprint density at radius 2 is 1.29 bits per heavy atom. The van der Waals surface area contributed by atoms with Gasteiger partial charge in [0.1, 0.15) is 0 Å². The van der Waals surface area contributed by atoms with Gasteiger partial charge in [0.05, 0.1) is 10.5 Å². The van der Waals surface area contributed by atoms with Gasteiger partial charge in [-0.05, 0) is 58.7 Å². The number of sulfonamides is 1. The maximum atomic E-state index is 13.3. The zero-order valence-corrected chi connectivity index (χ0v) is 19.3. The highest BCUT2D eigenvalue weighted by Crippen LogP contribution is 2.35. The molecule has 0 fully saturated rings. The molecule has 0 saturated carbocycles. The van der Waals surface area contributed by atoms with E-state index in [9.17, 15) is 26.4 Å². The highest BCUT2D eigenvalue weighted by Gasteiger charge is 2.31. The molecule has 0 spiro atoms. The molecule has 0 radical (unpaired) electrons. The van der Waals surface area contributed by atoms with Crippen molar-refractivity contribution in [3.05, 3.63) is 64.2 Å². The first kappa shape index (κ1) is 24.9. The van der Waals surface area contributed by atoms with Crippen LogP contribution < -0.4 is 4.72 Å². The molecule has 170 valence electrons. The largest absolute Gasteiger partial charge is 0.416 e. The lowest BCUT2D eigenvalue weighted by Crippen LogP contribution is -2.32. The van der Waals surface area contributed by atoms with Gasteiger partial charge >= 0.3 is 6.18 Å². The minimum atomic E-state index is -4.54. The quantitative estimate of drug-likeness (QED) is 0.565. The van der Waals surface area contributed by atoms with Crippen molar-refractivity contribution in [1.29, 1.82) is 0 Å². The topological polar surface area (TPSA) is 63.2 Å². The zero-order valence-electron chi connectivity index (χ0n) is 18.5. The molecular formula is C23H28F3NO3S. The van der Waals surface area contributed by atoms with Gasteiger partial charge in [-0.2, -0.15) is 13.2 Å². The summed E-state index contributed by atoms with van der Waals surface area (Å²) in [4.78, 5) is 12.6. The molecule has 0 unspecified atom stereocenters. The van der Waals surface area contributed by atoms with Gasteiger partial charge in [0.15, 0.2) is 0 Å². The number of hydrogen-bond donors (Lipinski definition) is 1. The Balaban J connectivity index is 2.53. The van der Waals surface area contributed by atoms with Crippen LogP contribution in [-0.2, 0) is 16.2 Å². The third-order valence-electron chi connectivity index (χ3n) is 5.05. The second-order valence-corrected chi connectivity index (χ2v) is 10.1. The molecule has 0 aliphatic rings. The summed E-state index contributed by atoms with van der Waals surface area (Å²) in [7, 11) is -4.26. The van der Waals surface area contributed by atoms with E-state index in [1.54, 1.807) is 0 Å². The second kappa shape index (κ2) is 9.02. The SMILES string of the molecule is CC(C)c1cc(C(C)C)c(S(=O)(=O)NC(=O)c2ccc(C(F)(F)F)cc2)c(C(C)C)c1. The van der Waals surface area contributed by atoms with Gasteiger partial charge in [0, 0.05) is 5.56 Å². The fourth-order valence-corrected chi connectivity index (χ4v) is 4.92. The summed E-state index contributed by atoms with van der Waals surface area (Å²) in [6.45, 7) is 11.5. The van der Waals surface area contributed by atoms with E-state index in [2.05, 4.69) is 0 Å². The van der Waals surface area contributed by atoms with Crippen LogP contribution in [0, 0.1) is 0 Å². The fraction of sp³-hybridized carbons (Fsp3) is 0.435. The van der Waals surface area contributed by atoms with E-state index in [4.69, 9.17) is 0 Å². The molecule has 4 nitrogen and oxygen atoms in total. The average molecular weight is 456 g/mol. The van der Waals surface area contributed by atoms with Gasteiger partial charge in [0.25, 0.3) is 15.9 Å². The number of benzene rings is 2. The maximum Gasteiger partial charge on any atom is 0.416 e. The molecule has 2 rings (SSSR count). The lowest BCUT2D eigenvalue weighted by atomic mass is 9.89. The van der Waals surface area contributed by atoms with Gasteiger partial charge in [-0.3, -0.25) is 4.79 Å². The summed E-state index contributed by atoms with van der Waals surface area (Å²) < 4.78 is 66.8. The van der Waals surface area contributed by atoms with E-state index in [-0.39, 0.29) is 28.2 Å². The van der Waals surface area contributed by atoms with Crippen molar-refractivity contribution in [3.8, 4) is 0 Å². The Hall–Kier alpha value is -2.35. The van der Waals surface area contributed by atoms with Gasteiger partial charge in [-0.15, -0.1) is 0 Å². The Kier molecular flexibility index (Phi) is 7.25. The predicted molar refractivity (Wildman–Crippen MR) is 115 cm³/mol. The number of nitrogens with one attached hydrogen (secondary N) is 1. The summed E-state index contributed by atoms with van der Waals surface area (Å²) in [6, 6.07) is 7.11. The molecule has 0 bridgehead atoms.